The van der Waals surface area contributed by atoms with Crippen molar-refractivity contribution < 1.29 is 14.0 Å². The molecule has 1 unspecified atom stereocenters. The van der Waals surface area contributed by atoms with E-state index in [1.807, 2.05) is 4.90 Å². The summed E-state index contributed by atoms with van der Waals surface area (Å²) >= 11 is 0. The fourth-order valence-corrected chi connectivity index (χ4v) is 4.18. The van der Waals surface area contributed by atoms with Crippen molar-refractivity contribution in [2.75, 3.05) is 6.54 Å². The highest BCUT2D eigenvalue weighted by Gasteiger charge is 2.61. The molecule has 2 saturated carbocycles. The Hall–Kier alpha value is -1.78. The molecule has 0 aromatic carbocycles. The molecule has 4 rings (SSSR count). The van der Waals surface area contributed by atoms with Gasteiger partial charge < -0.3 is 15.1 Å². The lowest BCUT2D eigenvalue weighted by Crippen LogP contribution is -2.69. The van der Waals surface area contributed by atoms with E-state index < -0.39 is 5.91 Å². The van der Waals surface area contributed by atoms with Crippen molar-refractivity contribution in [1.82, 2.24) is 4.90 Å². The van der Waals surface area contributed by atoms with Gasteiger partial charge in [0.1, 0.15) is 5.76 Å². The molecule has 3 fully saturated rings. The van der Waals surface area contributed by atoms with Crippen molar-refractivity contribution in [2.45, 2.75) is 44.6 Å². The molecule has 1 saturated heterocycles. The average Bonchev–Trinajstić information content (AvgIpc) is 3.04. The van der Waals surface area contributed by atoms with Gasteiger partial charge in [-0.05, 0) is 37.7 Å². The number of carbonyl (C=O) groups is 2. The van der Waals surface area contributed by atoms with Crippen LogP contribution in [-0.2, 0) is 11.2 Å². The molecule has 2 amide bonds. The van der Waals surface area contributed by atoms with E-state index in [0.29, 0.717) is 28.7 Å². The van der Waals surface area contributed by atoms with Crippen LogP contribution in [0.15, 0.2) is 16.7 Å². The summed E-state index contributed by atoms with van der Waals surface area (Å²) in [5.41, 5.74) is 6.13. The van der Waals surface area contributed by atoms with Crippen LogP contribution in [0.3, 0.4) is 0 Å². The van der Waals surface area contributed by atoms with Gasteiger partial charge in [0, 0.05) is 18.0 Å². The van der Waals surface area contributed by atoms with Gasteiger partial charge in [0.15, 0.2) is 0 Å². The van der Waals surface area contributed by atoms with Crippen LogP contribution in [0.1, 0.15) is 48.2 Å². The summed E-state index contributed by atoms with van der Waals surface area (Å²) in [6.07, 6.45) is 7.77. The van der Waals surface area contributed by atoms with Gasteiger partial charge >= 0.3 is 0 Å². The highest BCUT2D eigenvalue weighted by atomic mass is 16.3. The van der Waals surface area contributed by atoms with E-state index in [9.17, 15) is 9.59 Å². The molecule has 0 radical (unpaired) electrons. The molecule has 2 N–H and O–H groups in total. The first-order chi connectivity index (χ1) is 10.1. The number of nitrogens with two attached hydrogens (primary N) is 1. The first-order valence-electron chi connectivity index (χ1n) is 7.76. The molecule has 2 aliphatic carbocycles. The zero-order valence-electron chi connectivity index (χ0n) is 12.0. The zero-order chi connectivity index (χ0) is 14.6. The minimum absolute atomic E-state index is 0.00873. The van der Waals surface area contributed by atoms with Crippen LogP contribution in [0.2, 0.25) is 0 Å². The number of hydrogen-bond acceptors (Lipinski definition) is 3. The zero-order valence-corrected chi connectivity index (χ0v) is 12.0. The lowest BCUT2D eigenvalue weighted by atomic mass is 9.56. The van der Waals surface area contributed by atoms with E-state index in [2.05, 4.69) is 0 Å². The molecular weight excluding hydrogens is 268 g/mol. The monoisotopic (exact) mass is 288 g/mol. The molecule has 112 valence electrons. The topological polar surface area (TPSA) is 76.5 Å². The largest absolute Gasteiger partial charge is 0.468 e. The maximum atomic E-state index is 12.8. The number of nitrogens with zero attached hydrogens (tertiary/aromatic N) is 1. The van der Waals surface area contributed by atoms with Crippen LogP contribution in [-0.4, -0.2) is 29.3 Å². The van der Waals surface area contributed by atoms with Crippen molar-refractivity contribution in [3.8, 4) is 0 Å². The molecule has 3 aliphatic rings. The quantitative estimate of drug-likeness (QED) is 0.916. The molecule has 1 spiro atoms. The van der Waals surface area contributed by atoms with E-state index in [1.54, 1.807) is 6.07 Å². The van der Waals surface area contributed by atoms with E-state index in [4.69, 9.17) is 10.2 Å². The van der Waals surface area contributed by atoms with E-state index in [0.717, 1.165) is 6.54 Å². The smallest absolute Gasteiger partial charge is 0.257 e. The van der Waals surface area contributed by atoms with E-state index >= 15 is 0 Å². The SMILES string of the molecule is NC(=O)Cc1occc1C(=O)N1CC2(CCC2)C1C1CC1. The summed E-state index contributed by atoms with van der Waals surface area (Å²) in [5, 5.41) is 0. The highest BCUT2D eigenvalue weighted by Crippen LogP contribution is 2.59. The summed E-state index contributed by atoms with van der Waals surface area (Å²) in [6, 6.07) is 2.08. The van der Waals surface area contributed by atoms with E-state index in [-0.39, 0.29) is 12.3 Å². The van der Waals surface area contributed by atoms with Crippen molar-refractivity contribution in [2.24, 2.45) is 17.1 Å². The molecule has 2 heterocycles. The normalized spacial score (nSPS) is 26.3. The van der Waals surface area contributed by atoms with E-state index in [1.165, 1.54) is 38.4 Å². The Balaban J connectivity index is 1.55. The standard InChI is InChI=1S/C16H20N2O3/c17-13(19)8-12-11(4-7-21-12)15(20)18-9-16(5-1-6-16)14(18)10-2-3-10/h4,7,10,14H,1-3,5-6,8-9H2,(H2,17,19). The Labute approximate surface area is 123 Å². The fourth-order valence-electron chi connectivity index (χ4n) is 4.18. The lowest BCUT2D eigenvalue weighted by molar-refractivity contribution is -0.117. The minimum atomic E-state index is -0.475. The van der Waals surface area contributed by atoms with Crippen LogP contribution in [0.25, 0.3) is 0 Å². The molecular formula is C16H20N2O3. The number of likely N-dealkylation sites (tertiary alicyclic amines) is 1. The molecule has 5 nitrogen and oxygen atoms in total. The molecule has 0 bridgehead atoms. The number of amides is 2. The third kappa shape index (κ3) is 1.90. The molecule has 21 heavy (non-hydrogen) atoms. The van der Waals surface area contributed by atoms with Gasteiger partial charge in [0.25, 0.3) is 5.91 Å². The Morgan fingerprint density at radius 3 is 2.71 bits per heavy atom. The third-order valence-corrected chi connectivity index (χ3v) is 5.44. The first-order valence-corrected chi connectivity index (χ1v) is 7.76. The number of primary amides is 1. The molecule has 5 heteroatoms. The maximum absolute atomic E-state index is 12.8. The summed E-state index contributed by atoms with van der Waals surface area (Å²) in [5.74, 6) is 0.623. The molecule has 1 aliphatic heterocycles. The second-order valence-corrected chi connectivity index (χ2v) is 6.83. The molecule has 1 atom stereocenters. The van der Waals surface area contributed by atoms with Crippen molar-refractivity contribution in [3.05, 3.63) is 23.7 Å². The second-order valence-electron chi connectivity index (χ2n) is 6.83. The van der Waals surface area contributed by atoms with Crippen LogP contribution in [0, 0.1) is 11.3 Å². The van der Waals surface area contributed by atoms with Gasteiger partial charge in [-0.25, -0.2) is 0 Å². The van der Waals surface area contributed by atoms with Crippen LogP contribution in [0.4, 0.5) is 0 Å². The Morgan fingerprint density at radius 1 is 1.38 bits per heavy atom. The van der Waals surface area contributed by atoms with Gasteiger partial charge in [0.05, 0.1) is 18.2 Å². The molecule has 1 aromatic rings. The van der Waals surface area contributed by atoms with Gasteiger partial charge in [-0.3, -0.25) is 9.59 Å². The Bertz CT molecular complexity index is 598. The predicted octanol–water partition coefficient (Wildman–Crippen LogP) is 1.71. The van der Waals surface area contributed by atoms with Crippen LogP contribution < -0.4 is 5.73 Å². The Morgan fingerprint density at radius 2 is 2.14 bits per heavy atom. The Kier molecular flexibility index (Phi) is 2.68. The summed E-state index contributed by atoms with van der Waals surface area (Å²) in [4.78, 5) is 25.9. The first kappa shape index (κ1) is 12.9. The summed E-state index contributed by atoms with van der Waals surface area (Å²) in [6.45, 7) is 0.869. The number of furan rings is 1. The number of carbonyl (C=O) groups excluding carboxylic acids is 2. The summed E-state index contributed by atoms with van der Waals surface area (Å²) < 4.78 is 5.27. The molecule has 1 aromatic heterocycles. The third-order valence-electron chi connectivity index (χ3n) is 5.44. The fraction of sp³-hybridized carbons (Fsp3) is 0.625. The average molecular weight is 288 g/mol. The maximum Gasteiger partial charge on any atom is 0.257 e. The van der Waals surface area contributed by atoms with Crippen molar-refractivity contribution >= 4 is 11.8 Å². The lowest BCUT2D eigenvalue weighted by Gasteiger charge is -2.63. The number of hydrogen-bond donors (Lipinski definition) is 1. The van der Waals surface area contributed by atoms with Gasteiger partial charge in [-0.1, -0.05) is 6.42 Å². The van der Waals surface area contributed by atoms with Crippen molar-refractivity contribution in [1.29, 1.82) is 0 Å². The van der Waals surface area contributed by atoms with Gasteiger partial charge in [-0.15, -0.1) is 0 Å². The van der Waals surface area contributed by atoms with Crippen LogP contribution in [0.5, 0.6) is 0 Å². The van der Waals surface area contributed by atoms with Crippen molar-refractivity contribution in [3.63, 3.8) is 0 Å². The van der Waals surface area contributed by atoms with Gasteiger partial charge in [-0.2, -0.15) is 0 Å². The minimum Gasteiger partial charge on any atom is -0.468 e. The van der Waals surface area contributed by atoms with Crippen LogP contribution >= 0.6 is 0 Å². The summed E-state index contributed by atoms with van der Waals surface area (Å²) in [7, 11) is 0. The number of rotatable bonds is 4. The van der Waals surface area contributed by atoms with Gasteiger partial charge in [0.2, 0.25) is 5.91 Å². The highest BCUT2D eigenvalue weighted by molar-refractivity contribution is 5.97. The predicted molar refractivity (Wildman–Crippen MR) is 75.4 cm³/mol. The second kappa shape index (κ2) is 4.36.